The Bertz CT molecular complexity index is 318. The van der Waals surface area contributed by atoms with Crippen LogP contribution in [0.4, 0.5) is 4.79 Å². The van der Waals surface area contributed by atoms with Gasteiger partial charge in [0.1, 0.15) is 6.42 Å². The van der Waals surface area contributed by atoms with Crippen molar-refractivity contribution in [2.75, 3.05) is 6.54 Å². The van der Waals surface area contributed by atoms with Crippen molar-refractivity contribution >= 4 is 17.8 Å². The minimum absolute atomic E-state index is 0.235. The zero-order valence-corrected chi connectivity index (χ0v) is 7.79. The molecule has 1 rings (SSSR count). The first kappa shape index (κ1) is 10.3. The van der Waals surface area contributed by atoms with E-state index >= 15 is 0 Å². The third-order valence-electron chi connectivity index (χ3n) is 1.74. The molecule has 1 saturated heterocycles. The first-order valence-electron chi connectivity index (χ1n) is 4.19. The Kier molecular flexibility index (Phi) is 3.24. The fraction of sp³-hybridized carbons (Fsp3) is 0.444. The third-order valence-corrected chi connectivity index (χ3v) is 1.74. The van der Waals surface area contributed by atoms with Crippen LogP contribution in [0.2, 0.25) is 0 Å². The van der Waals surface area contributed by atoms with Gasteiger partial charge < -0.3 is 0 Å². The standard InChI is InChI=1S/C9H10N2O3/c1-2-3-4-5-11-8(13)6-7(12)10-9(11)14/h4-6H2,1H3,(H,10,12,14). The van der Waals surface area contributed by atoms with Crippen molar-refractivity contribution in [1.29, 1.82) is 0 Å². The molecule has 1 heterocycles. The molecule has 1 aliphatic rings. The molecule has 0 aromatic heterocycles. The van der Waals surface area contributed by atoms with Crippen LogP contribution >= 0.6 is 0 Å². The van der Waals surface area contributed by atoms with E-state index in [1.807, 2.05) is 0 Å². The van der Waals surface area contributed by atoms with Gasteiger partial charge in [0.25, 0.3) is 0 Å². The average molecular weight is 194 g/mol. The summed E-state index contributed by atoms with van der Waals surface area (Å²) >= 11 is 0. The summed E-state index contributed by atoms with van der Waals surface area (Å²) in [7, 11) is 0. The highest BCUT2D eigenvalue weighted by Crippen LogP contribution is 2.02. The van der Waals surface area contributed by atoms with Crippen LogP contribution in [-0.2, 0) is 9.59 Å². The first-order valence-corrected chi connectivity index (χ1v) is 4.19. The van der Waals surface area contributed by atoms with Crippen LogP contribution in [-0.4, -0.2) is 29.3 Å². The normalized spacial score (nSPS) is 16.1. The van der Waals surface area contributed by atoms with Gasteiger partial charge >= 0.3 is 6.03 Å². The molecule has 5 heteroatoms. The van der Waals surface area contributed by atoms with E-state index in [1.54, 1.807) is 6.92 Å². The van der Waals surface area contributed by atoms with Crippen molar-refractivity contribution in [2.24, 2.45) is 0 Å². The van der Waals surface area contributed by atoms with Gasteiger partial charge in [-0.05, 0) is 6.92 Å². The number of barbiturate groups is 1. The van der Waals surface area contributed by atoms with E-state index in [-0.39, 0.29) is 13.0 Å². The molecule has 5 nitrogen and oxygen atoms in total. The molecule has 4 amide bonds. The summed E-state index contributed by atoms with van der Waals surface area (Å²) < 4.78 is 0. The number of hydrogen-bond donors (Lipinski definition) is 1. The maximum atomic E-state index is 11.2. The Morgan fingerprint density at radius 3 is 2.71 bits per heavy atom. The summed E-state index contributed by atoms with van der Waals surface area (Å²) in [5.74, 6) is 4.39. The van der Waals surface area contributed by atoms with Crippen LogP contribution in [0.25, 0.3) is 0 Å². The molecule has 14 heavy (non-hydrogen) atoms. The average Bonchev–Trinajstić information content (AvgIpc) is 2.09. The molecule has 0 atom stereocenters. The molecule has 0 spiro atoms. The van der Waals surface area contributed by atoms with Crippen molar-refractivity contribution in [1.82, 2.24) is 10.2 Å². The lowest BCUT2D eigenvalue weighted by molar-refractivity contribution is -0.136. The number of nitrogens with one attached hydrogen (secondary N) is 1. The summed E-state index contributed by atoms with van der Waals surface area (Å²) in [5, 5.41) is 2.07. The van der Waals surface area contributed by atoms with Crippen molar-refractivity contribution < 1.29 is 14.4 Å². The van der Waals surface area contributed by atoms with Crippen molar-refractivity contribution in [3.05, 3.63) is 0 Å². The quantitative estimate of drug-likeness (QED) is 0.491. The van der Waals surface area contributed by atoms with Crippen molar-refractivity contribution in [3.63, 3.8) is 0 Å². The topological polar surface area (TPSA) is 66.5 Å². The van der Waals surface area contributed by atoms with E-state index in [4.69, 9.17) is 0 Å². The monoisotopic (exact) mass is 194 g/mol. The fourth-order valence-corrected chi connectivity index (χ4v) is 1.10. The second kappa shape index (κ2) is 4.42. The van der Waals surface area contributed by atoms with Crippen molar-refractivity contribution in [2.45, 2.75) is 19.8 Å². The van der Waals surface area contributed by atoms with E-state index in [2.05, 4.69) is 17.2 Å². The highest BCUT2D eigenvalue weighted by Gasteiger charge is 2.29. The Morgan fingerprint density at radius 1 is 1.43 bits per heavy atom. The van der Waals surface area contributed by atoms with E-state index < -0.39 is 17.8 Å². The molecule has 1 N–H and O–H groups in total. The highest BCUT2D eigenvalue weighted by atomic mass is 16.2. The van der Waals surface area contributed by atoms with E-state index in [0.717, 1.165) is 4.90 Å². The lowest BCUT2D eigenvalue weighted by Crippen LogP contribution is -2.52. The fourth-order valence-electron chi connectivity index (χ4n) is 1.10. The van der Waals surface area contributed by atoms with Crippen LogP contribution in [0.15, 0.2) is 0 Å². The number of imide groups is 2. The maximum Gasteiger partial charge on any atom is 0.330 e. The molecule has 0 aromatic rings. The largest absolute Gasteiger partial charge is 0.330 e. The lowest BCUT2D eigenvalue weighted by Gasteiger charge is -2.23. The van der Waals surface area contributed by atoms with Gasteiger partial charge in [0.05, 0.1) is 0 Å². The number of carbonyl (C=O) groups excluding carboxylic acids is 3. The summed E-state index contributed by atoms with van der Waals surface area (Å²) in [6.07, 6.45) is 0.176. The number of urea groups is 1. The van der Waals surface area contributed by atoms with Gasteiger partial charge in [0, 0.05) is 13.0 Å². The van der Waals surface area contributed by atoms with Crippen LogP contribution in [0, 0.1) is 11.8 Å². The number of carbonyl (C=O) groups is 3. The molecule has 0 aromatic carbocycles. The third kappa shape index (κ3) is 2.33. The minimum Gasteiger partial charge on any atom is -0.277 e. The lowest BCUT2D eigenvalue weighted by atomic mass is 10.2. The molecule has 74 valence electrons. The number of hydrogen-bond acceptors (Lipinski definition) is 3. The Balaban J connectivity index is 2.57. The molecule has 1 fully saturated rings. The Morgan fingerprint density at radius 2 is 2.14 bits per heavy atom. The van der Waals surface area contributed by atoms with Gasteiger partial charge in [-0.15, -0.1) is 11.8 Å². The summed E-state index contributed by atoms with van der Waals surface area (Å²) in [6, 6.07) is -0.649. The molecule has 0 bridgehead atoms. The zero-order chi connectivity index (χ0) is 10.6. The second-order valence-corrected chi connectivity index (χ2v) is 2.75. The van der Waals surface area contributed by atoms with Gasteiger partial charge in [0.15, 0.2) is 0 Å². The van der Waals surface area contributed by atoms with Gasteiger partial charge in [0.2, 0.25) is 11.8 Å². The van der Waals surface area contributed by atoms with Gasteiger partial charge in [-0.3, -0.25) is 19.8 Å². The molecule has 0 saturated carbocycles. The minimum atomic E-state index is -0.649. The number of nitrogens with zero attached hydrogens (tertiary/aromatic N) is 1. The summed E-state index contributed by atoms with van der Waals surface area (Å²) in [5.41, 5.74) is 0. The number of amides is 4. The first-order chi connectivity index (χ1) is 6.65. The van der Waals surface area contributed by atoms with Gasteiger partial charge in [-0.25, -0.2) is 4.79 Å². The van der Waals surface area contributed by atoms with Gasteiger partial charge in [-0.2, -0.15) is 0 Å². The van der Waals surface area contributed by atoms with E-state index in [1.165, 1.54) is 0 Å². The molecule has 0 aliphatic carbocycles. The molecule has 1 aliphatic heterocycles. The summed E-state index contributed by atoms with van der Waals surface area (Å²) in [4.78, 5) is 34.1. The van der Waals surface area contributed by atoms with Crippen LogP contribution in [0.3, 0.4) is 0 Å². The Labute approximate surface area is 81.4 Å². The maximum absolute atomic E-state index is 11.2. The zero-order valence-electron chi connectivity index (χ0n) is 7.79. The number of rotatable bonds is 2. The second-order valence-electron chi connectivity index (χ2n) is 2.75. The van der Waals surface area contributed by atoms with Crippen LogP contribution < -0.4 is 5.32 Å². The van der Waals surface area contributed by atoms with Crippen LogP contribution in [0.1, 0.15) is 19.8 Å². The summed E-state index contributed by atoms with van der Waals surface area (Å²) in [6.45, 7) is 1.92. The molecule has 0 unspecified atom stereocenters. The Hall–Kier alpha value is -1.83. The SMILES string of the molecule is CC#CCCN1C(=O)CC(=O)NC1=O. The van der Waals surface area contributed by atoms with Crippen LogP contribution in [0.5, 0.6) is 0 Å². The van der Waals surface area contributed by atoms with Crippen molar-refractivity contribution in [3.8, 4) is 11.8 Å². The van der Waals surface area contributed by atoms with E-state index in [9.17, 15) is 14.4 Å². The predicted octanol–water partition coefficient (Wildman–Crippen LogP) is -0.132. The predicted molar refractivity (Wildman–Crippen MR) is 47.9 cm³/mol. The highest BCUT2D eigenvalue weighted by molar-refractivity contribution is 6.14. The van der Waals surface area contributed by atoms with Gasteiger partial charge in [-0.1, -0.05) is 0 Å². The molecular formula is C9H10N2O3. The molecular weight excluding hydrogens is 184 g/mol. The van der Waals surface area contributed by atoms with E-state index in [0.29, 0.717) is 6.42 Å². The molecule has 0 radical (unpaired) electrons. The smallest absolute Gasteiger partial charge is 0.277 e.